The van der Waals surface area contributed by atoms with E-state index >= 15 is 0 Å². The zero-order chi connectivity index (χ0) is 93.7. The molecule has 14 aromatic carbocycles. The average Bonchev–Trinajstić information content (AvgIpc) is 0.750. The number of carboxylic acid groups (broad SMARTS) is 1. The topological polar surface area (TPSA) is 217 Å². The predicted molar refractivity (Wildman–Crippen MR) is 546 cm³/mol. The van der Waals surface area contributed by atoms with E-state index in [2.05, 4.69) is 201 Å². The molecule has 0 radical (unpaired) electrons. The van der Waals surface area contributed by atoms with E-state index in [0.717, 1.165) is 56.0 Å². The highest BCUT2D eigenvalue weighted by Crippen LogP contribution is 2.58. The molecule has 0 aromatic heterocycles. The van der Waals surface area contributed by atoms with Gasteiger partial charge in [0.1, 0.15) is 86.0 Å². The van der Waals surface area contributed by atoms with Gasteiger partial charge >= 0.3 is 33.0 Å². The number of halogens is 5. The zero-order valence-electron chi connectivity index (χ0n) is 73.3. The van der Waals surface area contributed by atoms with Gasteiger partial charge in [0.2, 0.25) is 0 Å². The van der Waals surface area contributed by atoms with Gasteiger partial charge in [0, 0.05) is 10.9 Å². The summed E-state index contributed by atoms with van der Waals surface area (Å²) in [5, 5.41) is 23.5. The Kier molecular flexibility index (Phi) is 48.8. The monoisotopic (exact) mass is 2090 g/mol. The number of benzene rings is 14. The fourth-order valence-electron chi connectivity index (χ4n) is 12.4. The highest BCUT2D eigenvalue weighted by Gasteiger charge is 2.45. The van der Waals surface area contributed by atoms with E-state index in [1.54, 1.807) is 60.7 Å². The lowest BCUT2D eigenvalue weighted by Gasteiger charge is -2.27. The third-order valence-corrected chi connectivity index (χ3v) is 23.9. The van der Waals surface area contributed by atoms with E-state index in [1.807, 2.05) is 200 Å². The predicted octanol–water partition coefficient (Wildman–Crippen LogP) is 22.4. The number of carboxylic acids is 1. The van der Waals surface area contributed by atoms with Crippen LogP contribution in [0.25, 0.3) is 48.6 Å². The molecule has 0 heterocycles. The van der Waals surface area contributed by atoms with Crippen molar-refractivity contribution in [2.45, 2.75) is 11.5 Å². The summed E-state index contributed by atoms with van der Waals surface area (Å²) in [7, 11) is 9.60. The maximum absolute atomic E-state index is 11.7. The van der Waals surface area contributed by atoms with Crippen LogP contribution in [0.1, 0.15) is 118 Å². The van der Waals surface area contributed by atoms with Gasteiger partial charge in [0.15, 0.2) is 0 Å². The van der Waals surface area contributed by atoms with E-state index in [4.69, 9.17) is 38.3 Å². The number of carbonyl (C=O) groups excluding carboxylic acids is 5. The quantitative estimate of drug-likeness (QED) is 0.0109. The Hall–Kier alpha value is -13.0. The van der Waals surface area contributed by atoms with Gasteiger partial charge in [-0.05, 0) is 159 Å². The Morgan fingerprint density at radius 1 is 0.298 bits per heavy atom. The molecule has 0 atom stereocenters. The molecular formula is C108H99BBr5O16P. The van der Waals surface area contributed by atoms with Gasteiger partial charge in [-0.25, -0.2) is 24.0 Å². The van der Waals surface area contributed by atoms with Crippen LogP contribution in [0.5, 0.6) is 28.7 Å². The van der Waals surface area contributed by atoms with Crippen LogP contribution in [0.4, 0.5) is 0 Å². The third-order valence-electron chi connectivity index (χ3n) is 18.8. The van der Waals surface area contributed by atoms with E-state index in [-0.39, 0.29) is 37.0 Å². The molecule has 0 aliphatic heterocycles. The highest BCUT2D eigenvalue weighted by molar-refractivity contribution is 9.69. The molecule has 0 amide bonds. The number of esters is 4. The Bertz CT molecular complexity index is 5560. The lowest BCUT2D eigenvalue weighted by Crippen LogP contribution is -3.00. The zero-order valence-corrected chi connectivity index (χ0v) is 82.1. The fourth-order valence-corrected chi connectivity index (χ4v) is 17.0. The van der Waals surface area contributed by atoms with Crippen molar-refractivity contribution >= 4 is 174 Å². The molecule has 2 N–H and O–H groups in total. The van der Waals surface area contributed by atoms with Crippen molar-refractivity contribution in [2.24, 2.45) is 0 Å². The Morgan fingerprint density at radius 3 is 0.740 bits per heavy atom. The Labute approximate surface area is 811 Å². The SMILES string of the molecule is BrB(Br)Br.BrCc1ccccc1.COC(=O)c1cc(/C=C/c2ccccc2)ccc1OC.COC(=O)c1cc(/C=C/c2ccccc2)ccc1OC.COC(=O)c1cc(/C=C\c2ccccc2)ccc1OC.COC(=O)c1cc(C=O)ccc1OC.O=C(O)c1cc(/C=C/c2ccccc2)ccc1O.[Br-].c1ccc(C[P+](c2ccccc2)(c2ccccc2)c2ccccc2)cc1. The number of ether oxygens (including phenoxy) is 8. The lowest BCUT2D eigenvalue weighted by molar-refractivity contribution is -0.000101. The molecule has 670 valence electrons. The van der Waals surface area contributed by atoms with Gasteiger partial charge in [-0.1, -0.05) is 325 Å². The average molecular weight is 2090 g/mol. The molecule has 131 heavy (non-hydrogen) atoms. The number of aromatic hydroxyl groups is 1. The number of hydrogen-bond donors (Lipinski definition) is 2. The van der Waals surface area contributed by atoms with Crippen LogP contribution >= 0.6 is 70.5 Å². The summed E-state index contributed by atoms with van der Waals surface area (Å²) in [6.45, 7) is 0. The van der Waals surface area contributed by atoms with E-state index in [9.17, 15) is 33.9 Å². The summed E-state index contributed by atoms with van der Waals surface area (Å²) < 4.78 is 39.5. The first-order valence-corrected chi connectivity index (χ1v) is 46.1. The summed E-state index contributed by atoms with van der Waals surface area (Å²) in [5.41, 5.74) is 12.3. The first kappa shape index (κ1) is 107. The van der Waals surface area contributed by atoms with Crippen molar-refractivity contribution in [3.8, 4) is 28.7 Å². The number of methoxy groups -OCH3 is 8. The number of aromatic carboxylic acids is 1. The van der Waals surface area contributed by atoms with Gasteiger partial charge < -0.3 is 65.1 Å². The first-order valence-electron chi connectivity index (χ1n) is 40.3. The number of hydrogen-bond acceptors (Lipinski definition) is 15. The smallest absolute Gasteiger partial charge is 0.369 e. The van der Waals surface area contributed by atoms with Crippen molar-refractivity contribution in [1.82, 2.24) is 0 Å². The van der Waals surface area contributed by atoms with Crippen LogP contribution < -0.4 is 51.8 Å². The van der Waals surface area contributed by atoms with Crippen LogP contribution in [0.3, 0.4) is 0 Å². The standard InChI is InChI=1S/C25H22P.3C17H16O3.C15H12O3.C10H10O4.C7H7Br.BBr3.BrH/c1-5-13-22(14-6-1)21-26(23-15-7-2-8-16-23,24-17-9-3-10-18-24)25-19-11-4-12-20-25;3*1-19-16-11-10-14(12-15(16)17(18)20-2)9-8-13-6-4-3-5-7-13;16-14-9-8-12(10-13(14)15(17)18)7-6-11-4-2-1-3-5-11;1-13-9-4-3-7(6-11)5-8(9)10(12)14-2;8-6-7-4-2-1-3-5-7;2-1(3)4;/h1-20H,21H2;3*3-12H,1-2H3;1-10,16H,(H,17,18);3-6H,1-2H3;1-5H,6H2;;1H/q+1;;;;;;;;/p-1/b;2*9-8+;9-8-;7-6+;;;;. The molecule has 0 fully saturated rings. The lowest BCUT2D eigenvalue weighted by atomic mass is 10.1. The Balaban J connectivity index is 0.000000237. The molecule has 0 spiro atoms. The molecule has 14 aromatic rings. The molecule has 16 nitrogen and oxygen atoms in total. The maximum atomic E-state index is 11.7. The molecule has 0 unspecified atom stereocenters. The number of phenols is 1. The number of aldehydes is 1. The van der Waals surface area contributed by atoms with Crippen LogP contribution in [0.2, 0.25) is 0 Å². The van der Waals surface area contributed by atoms with E-state index < -0.39 is 37.1 Å². The maximum Gasteiger partial charge on any atom is 0.369 e. The molecule has 0 aliphatic rings. The molecule has 14 rings (SSSR count). The van der Waals surface area contributed by atoms with Crippen LogP contribution in [-0.4, -0.2) is 106 Å². The number of rotatable bonds is 24. The molecule has 23 heteroatoms. The van der Waals surface area contributed by atoms with E-state index in [1.165, 1.54) is 102 Å². The van der Waals surface area contributed by atoms with Crippen molar-refractivity contribution in [3.63, 3.8) is 0 Å². The van der Waals surface area contributed by atoms with Crippen molar-refractivity contribution in [3.05, 3.63) is 453 Å². The van der Waals surface area contributed by atoms with Crippen LogP contribution in [-0.2, 0) is 30.4 Å². The van der Waals surface area contributed by atoms with Gasteiger partial charge in [-0.2, -0.15) is 0 Å². The van der Waals surface area contributed by atoms with Gasteiger partial charge in [0.05, 0.1) is 63.0 Å². The third kappa shape index (κ3) is 36.1. The Morgan fingerprint density at radius 2 is 0.511 bits per heavy atom. The molecule has 0 saturated heterocycles. The number of alkyl halides is 1. The van der Waals surface area contributed by atoms with Crippen LogP contribution in [0, 0.1) is 0 Å². The van der Waals surface area contributed by atoms with E-state index in [0.29, 0.717) is 51.5 Å². The highest BCUT2D eigenvalue weighted by atomic mass is 79.9. The summed E-state index contributed by atoms with van der Waals surface area (Å²) >= 11 is 12.7. The summed E-state index contributed by atoms with van der Waals surface area (Å²) in [4.78, 5) is 67.7. The minimum absolute atomic E-state index is 0. The molecule has 0 saturated carbocycles. The first-order chi connectivity index (χ1) is 63.2. The minimum atomic E-state index is -1.78. The second-order valence-corrected chi connectivity index (χ2v) is 37.8. The summed E-state index contributed by atoms with van der Waals surface area (Å²) in [6.07, 6.45) is 17.2. The molecular weight excluding hydrogens is 1990 g/mol. The molecule has 0 aliphatic carbocycles. The van der Waals surface area contributed by atoms with Gasteiger partial charge in [0.25, 0.3) is 0 Å². The largest absolute Gasteiger partial charge is 1.00 e. The summed E-state index contributed by atoms with van der Waals surface area (Å²) in [5.74, 6) is -1.18. The van der Waals surface area contributed by atoms with Crippen molar-refractivity contribution in [2.75, 3.05) is 56.9 Å². The van der Waals surface area contributed by atoms with Gasteiger partial charge in [-0.15, -0.1) is 47.3 Å². The normalized spacial score (nSPS) is 10.3. The second kappa shape index (κ2) is 60.0. The summed E-state index contributed by atoms with van der Waals surface area (Å²) in [6, 6.07) is 119. The second-order valence-electron chi connectivity index (χ2n) is 27.3. The van der Waals surface area contributed by atoms with Crippen molar-refractivity contribution in [1.29, 1.82) is 0 Å². The van der Waals surface area contributed by atoms with Crippen LogP contribution in [0.15, 0.2) is 364 Å². The van der Waals surface area contributed by atoms with Crippen molar-refractivity contribution < 1.29 is 93.9 Å². The number of carbonyl (C=O) groups is 6. The molecule has 0 bridgehead atoms. The fraction of sp³-hybridized carbons (Fsp3) is 0.0926. The van der Waals surface area contributed by atoms with Gasteiger partial charge in [-0.3, -0.25) is 4.79 Å². The minimum Gasteiger partial charge on any atom is -1.00 e.